The van der Waals surface area contributed by atoms with Gasteiger partial charge in [-0.3, -0.25) is 4.79 Å². The maximum atomic E-state index is 12.1. The Labute approximate surface area is 157 Å². The highest BCUT2D eigenvalue weighted by atomic mass is 32.2. The Morgan fingerprint density at radius 2 is 1.85 bits per heavy atom. The lowest BCUT2D eigenvalue weighted by Gasteiger charge is -2.23. The van der Waals surface area contributed by atoms with E-state index in [1.165, 1.54) is 0 Å². The van der Waals surface area contributed by atoms with Crippen molar-refractivity contribution in [2.45, 2.75) is 58.9 Å². The largest absolute Gasteiger partial charge is 0.508 e. The van der Waals surface area contributed by atoms with Crippen LogP contribution in [0.3, 0.4) is 0 Å². The molecule has 0 aliphatic carbocycles. The van der Waals surface area contributed by atoms with Crippen molar-refractivity contribution >= 4 is 15.9 Å². The van der Waals surface area contributed by atoms with E-state index in [1.54, 1.807) is 12.1 Å². The first-order valence-corrected chi connectivity index (χ1v) is 10.7. The zero-order chi connectivity index (χ0) is 20.1. The van der Waals surface area contributed by atoms with Crippen LogP contribution < -0.4 is 10.0 Å². The minimum Gasteiger partial charge on any atom is -0.508 e. The molecule has 0 aliphatic heterocycles. The molecule has 7 heteroatoms. The Morgan fingerprint density at radius 3 is 2.35 bits per heavy atom. The van der Waals surface area contributed by atoms with Crippen LogP contribution in [-0.4, -0.2) is 38.3 Å². The molecular formula is C19H32N2O4S. The smallest absolute Gasteiger partial charge is 0.220 e. The molecule has 6 nitrogen and oxygen atoms in total. The van der Waals surface area contributed by atoms with Gasteiger partial charge in [0.15, 0.2) is 0 Å². The van der Waals surface area contributed by atoms with Gasteiger partial charge < -0.3 is 10.4 Å². The second kappa shape index (κ2) is 8.86. The Hall–Kier alpha value is -1.60. The average Bonchev–Trinajstić information content (AvgIpc) is 2.44. The van der Waals surface area contributed by atoms with Crippen molar-refractivity contribution in [1.82, 2.24) is 10.0 Å². The normalized spacial score (nSPS) is 13.7. The number of phenolic OH excluding ortho intramolecular Hbond substituents is 1. The van der Waals surface area contributed by atoms with Crippen molar-refractivity contribution in [3.63, 3.8) is 0 Å². The molecule has 1 aromatic rings. The van der Waals surface area contributed by atoms with Crippen LogP contribution in [0.2, 0.25) is 0 Å². The monoisotopic (exact) mass is 384 g/mol. The molecular weight excluding hydrogens is 352 g/mol. The fourth-order valence-corrected chi connectivity index (χ4v) is 3.18. The predicted octanol–water partition coefficient (Wildman–Crippen LogP) is 2.31. The van der Waals surface area contributed by atoms with E-state index in [9.17, 15) is 18.3 Å². The number of carbonyl (C=O) groups excluding carboxylic acids is 1. The molecule has 0 aromatic heterocycles. The summed E-state index contributed by atoms with van der Waals surface area (Å²) in [7, 11) is -3.35. The molecule has 26 heavy (non-hydrogen) atoms. The number of rotatable bonds is 8. The number of hydrogen-bond acceptors (Lipinski definition) is 4. The van der Waals surface area contributed by atoms with Crippen molar-refractivity contribution in [2.75, 3.05) is 12.8 Å². The van der Waals surface area contributed by atoms with Crippen LogP contribution in [0.4, 0.5) is 0 Å². The van der Waals surface area contributed by atoms with Gasteiger partial charge >= 0.3 is 0 Å². The number of nitrogens with one attached hydrogen (secondary N) is 2. The standard InChI is InChI=1S/C19H32N2O4S/c1-13(2)9-18(23)21-15(12-20-26(6,24)25)10-14-7-8-17(22)16(11-14)19(3,4)5/h7-8,11,13,15,20,22H,9-10,12H2,1-6H3,(H,21,23). The Bertz CT molecular complexity index is 722. The molecule has 1 unspecified atom stereocenters. The van der Waals surface area contributed by atoms with Gasteiger partial charge in [-0.05, 0) is 34.9 Å². The second-order valence-electron chi connectivity index (χ2n) is 8.29. The summed E-state index contributed by atoms with van der Waals surface area (Å²) >= 11 is 0. The predicted molar refractivity (Wildman–Crippen MR) is 105 cm³/mol. The number of hydrogen-bond donors (Lipinski definition) is 3. The van der Waals surface area contributed by atoms with Crippen LogP contribution in [0.5, 0.6) is 5.75 Å². The van der Waals surface area contributed by atoms with Gasteiger partial charge in [-0.15, -0.1) is 0 Å². The van der Waals surface area contributed by atoms with Crippen LogP contribution in [0.15, 0.2) is 18.2 Å². The summed E-state index contributed by atoms with van der Waals surface area (Å²) in [4.78, 5) is 12.1. The van der Waals surface area contributed by atoms with Crippen molar-refractivity contribution in [1.29, 1.82) is 0 Å². The quantitative estimate of drug-likeness (QED) is 0.641. The molecule has 0 aliphatic rings. The van der Waals surface area contributed by atoms with Gasteiger partial charge in [0.05, 0.1) is 6.26 Å². The third kappa shape index (κ3) is 8.19. The SMILES string of the molecule is CC(C)CC(=O)NC(CNS(C)(=O)=O)Cc1ccc(O)c(C(C)(C)C)c1. The number of benzene rings is 1. The molecule has 148 valence electrons. The molecule has 0 heterocycles. The number of amides is 1. The van der Waals surface area contributed by atoms with Crippen molar-refractivity contribution in [2.24, 2.45) is 5.92 Å². The molecule has 0 saturated heterocycles. The molecule has 0 saturated carbocycles. The van der Waals surface area contributed by atoms with Gasteiger partial charge in [-0.1, -0.05) is 46.8 Å². The molecule has 0 bridgehead atoms. The number of aromatic hydroxyl groups is 1. The molecule has 0 spiro atoms. The van der Waals surface area contributed by atoms with Crippen LogP contribution in [0, 0.1) is 5.92 Å². The second-order valence-corrected chi connectivity index (χ2v) is 10.1. The lowest BCUT2D eigenvalue weighted by atomic mass is 9.85. The van der Waals surface area contributed by atoms with E-state index in [2.05, 4.69) is 10.0 Å². The molecule has 0 radical (unpaired) electrons. The molecule has 1 rings (SSSR count). The molecule has 1 atom stereocenters. The van der Waals surface area contributed by atoms with Crippen LogP contribution in [0.25, 0.3) is 0 Å². The fraction of sp³-hybridized carbons (Fsp3) is 0.632. The third-order valence-electron chi connectivity index (χ3n) is 3.90. The summed E-state index contributed by atoms with van der Waals surface area (Å²) in [6.07, 6.45) is 1.95. The maximum absolute atomic E-state index is 12.1. The van der Waals surface area contributed by atoms with Gasteiger partial charge in [0.1, 0.15) is 5.75 Å². The van der Waals surface area contributed by atoms with Crippen molar-refractivity contribution in [3.05, 3.63) is 29.3 Å². The molecule has 1 aromatic carbocycles. The zero-order valence-corrected chi connectivity index (χ0v) is 17.4. The van der Waals surface area contributed by atoms with Gasteiger partial charge in [0.25, 0.3) is 0 Å². The van der Waals surface area contributed by atoms with E-state index in [0.717, 1.165) is 17.4 Å². The summed E-state index contributed by atoms with van der Waals surface area (Å²) in [5.74, 6) is 0.353. The number of phenols is 1. The summed E-state index contributed by atoms with van der Waals surface area (Å²) in [5, 5.41) is 13.0. The average molecular weight is 385 g/mol. The van der Waals surface area contributed by atoms with Crippen LogP contribution >= 0.6 is 0 Å². The first-order chi connectivity index (χ1) is 11.8. The van der Waals surface area contributed by atoms with Gasteiger partial charge in [0, 0.05) is 19.0 Å². The molecule has 0 fully saturated rings. The van der Waals surface area contributed by atoms with Crippen LogP contribution in [0.1, 0.15) is 52.2 Å². The summed E-state index contributed by atoms with van der Waals surface area (Å²) in [5.41, 5.74) is 1.53. The lowest BCUT2D eigenvalue weighted by molar-refractivity contribution is -0.122. The van der Waals surface area contributed by atoms with Crippen molar-refractivity contribution in [3.8, 4) is 5.75 Å². The maximum Gasteiger partial charge on any atom is 0.220 e. The number of carbonyl (C=O) groups is 1. The van der Waals surface area contributed by atoms with E-state index < -0.39 is 10.0 Å². The Kier molecular flexibility index (Phi) is 7.65. The topological polar surface area (TPSA) is 95.5 Å². The minimum atomic E-state index is -3.35. The lowest BCUT2D eigenvalue weighted by Crippen LogP contribution is -2.45. The minimum absolute atomic E-state index is 0.102. The highest BCUT2D eigenvalue weighted by molar-refractivity contribution is 7.88. The van der Waals surface area contributed by atoms with Gasteiger partial charge in [0.2, 0.25) is 15.9 Å². The molecule has 3 N–H and O–H groups in total. The van der Waals surface area contributed by atoms with Crippen molar-refractivity contribution < 1.29 is 18.3 Å². The van der Waals surface area contributed by atoms with E-state index >= 15 is 0 Å². The van der Waals surface area contributed by atoms with Gasteiger partial charge in [-0.25, -0.2) is 13.1 Å². The Morgan fingerprint density at radius 1 is 1.23 bits per heavy atom. The fourth-order valence-electron chi connectivity index (χ4n) is 2.68. The third-order valence-corrected chi connectivity index (χ3v) is 4.59. The van der Waals surface area contributed by atoms with E-state index in [4.69, 9.17) is 0 Å². The highest BCUT2D eigenvalue weighted by Gasteiger charge is 2.20. The zero-order valence-electron chi connectivity index (χ0n) is 16.6. The summed E-state index contributed by atoms with van der Waals surface area (Å²) in [6, 6.07) is 4.99. The summed E-state index contributed by atoms with van der Waals surface area (Å²) in [6.45, 7) is 10.1. The highest BCUT2D eigenvalue weighted by Crippen LogP contribution is 2.31. The first-order valence-electron chi connectivity index (χ1n) is 8.84. The van der Waals surface area contributed by atoms with E-state index in [0.29, 0.717) is 12.8 Å². The van der Waals surface area contributed by atoms with E-state index in [-0.39, 0.29) is 35.6 Å². The Balaban J connectivity index is 2.98. The summed E-state index contributed by atoms with van der Waals surface area (Å²) < 4.78 is 25.3. The van der Waals surface area contributed by atoms with Crippen LogP contribution in [-0.2, 0) is 26.7 Å². The van der Waals surface area contributed by atoms with Gasteiger partial charge in [-0.2, -0.15) is 0 Å². The first kappa shape index (κ1) is 22.4. The van der Waals surface area contributed by atoms with E-state index in [1.807, 2.05) is 40.7 Å². The number of sulfonamides is 1. The molecule has 1 amide bonds.